The molecule has 1 aliphatic rings. The molecule has 1 fully saturated rings. The summed E-state index contributed by atoms with van der Waals surface area (Å²) < 4.78 is 5.43. The summed E-state index contributed by atoms with van der Waals surface area (Å²) in [6.07, 6.45) is 1.52. The summed E-state index contributed by atoms with van der Waals surface area (Å²) in [4.78, 5) is 25.1. The standard InChI is InChI=1S/C19H24N4O2/c1-19(2,3)25-18(24)23-13-11-22(12-14-23)17-20-10-9-16(21-17)15-7-5-4-6-8-15/h4-10H,11-14H2,1-3H3. The SMILES string of the molecule is CC(C)(C)OC(=O)N1CCN(c2nccc(-c3ccccc3)n2)CC1. The first-order valence-corrected chi connectivity index (χ1v) is 8.54. The molecule has 0 atom stereocenters. The summed E-state index contributed by atoms with van der Waals surface area (Å²) in [6, 6.07) is 12.0. The van der Waals surface area contributed by atoms with Crippen LogP contribution in [0, 0.1) is 0 Å². The minimum Gasteiger partial charge on any atom is -0.444 e. The molecule has 1 aromatic carbocycles. The molecule has 0 N–H and O–H groups in total. The van der Waals surface area contributed by atoms with Crippen LogP contribution in [0.1, 0.15) is 20.8 Å². The number of hydrogen-bond donors (Lipinski definition) is 0. The predicted octanol–water partition coefficient (Wildman–Crippen LogP) is 3.20. The number of piperazine rings is 1. The molecule has 0 bridgehead atoms. The van der Waals surface area contributed by atoms with E-state index in [0.29, 0.717) is 32.1 Å². The number of nitrogens with zero attached hydrogens (tertiary/aromatic N) is 4. The minimum atomic E-state index is -0.471. The molecule has 0 saturated carbocycles. The molecule has 1 amide bonds. The van der Waals surface area contributed by atoms with Crippen LogP contribution in [-0.2, 0) is 4.74 Å². The molecular weight excluding hydrogens is 316 g/mol. The van der Waals surface area contributed by atoms with Crippen molar-refractivity contribution in [1.82, 2.24) is 14.9 Å². The number of rotatable bonds is 2. The van der Waals surface area contributed by atoms with E-state index in [9.17, 15) is 4.79 Å². The van der Waals surface area contributed by atoms with Gasteiger partial charge in [0.1, 0.15) is 5.60 Å². The summed E-state index contributed by atoms with van der Waals surface area (Å²) in [5.41, 5.74) is 1.50. The third-order valence-corrected chi connectivity index (χ3v) is 3.93. The fourth-order valence-electron chi connectivity index (χ4n) is 2.69. The van der Waals surface area contributed by atoms with Crippen LogP contribution in [0.4, 0.5) is 10.7 Å². The highest BCUT2D eigenvalue weighted by molar-refractivity contribution is 5.68. The van der Waals surface area contributed by atoms with Crippen LogP contribution in [0.15, 0.2) is 42.6 Å². The average Bonchev–Trinajstić information content (AvgIpc) is 2.61. The molecule has 2 heterocycles. The molecule has 0 spiro atoms. The van der Waals surface area contributed by atoms with E-state index in [1.54, 1.807) is 11.1 Å². The minimum absolute atomic E-state index is 0.258. The van der Waals surface area contributed by atoms with Gasteiger partial charge in [-0.1, -0.05) is 30.3 Å². The summed E-state index contributed by atoms with van der Waals surface area (Å²) in [5, 5.41) is 0. The van der Waals surface area contributed by atoms with Crippen LogP contribution in [-0.4, -0.2) is 52.7 Å². The maximum Gasteiger partial charge on any atom is 0.410 e. The molecule has 3 rings (SSSR count). The van der Waals surface area contributed by atoms with E-state index in [4.69, 9.17) is 4.74 Å². The predicted molar refractivity (Wildman–Crippen MR) is 97.5 cm³/mol. The molecule has 132 valence electrons. The summed E-state index contributed by atoms with van der Waals surface area (Å²) in [5.74, 6) is 0.699. The zero-order chi connectivity index (χ0) is 17.9. The van der Waals surface area contributed by atoms with Gasteiger partial charge in [0.15, 0.2) is 0 Å². The smallest absolute Gasteiger partial charge is 0.410 e. The quantitative estimate of drug-likeness (QED) is 0.840. The normalized spacial score (nSPS) is 15.2. The molecule has 25 heavy (non-hydrogen) atoms. The third kappa shape index (κ3) is 4.47. The Hall–Kier alpha value is -2.63. The van der Waals surface area contributed by atoms with Crippen molar-refractivity contribution in [2.45, 2.75) is 26.4 Å². The first-order chi connectivity index (χ1) is 11.9. The Kier molecular flexibility index (Phi) is 4.88. The van der Waals surface area contributed by atoms with Crippen LogP contribution in [0.3, 0.4) is 0 Å². The largest absolute Gasteiger partial charge is 0.444 e. The van der Waals surface area contributed by atoms with E-state index in [2.05, 4.69) is 14.9 Å². The number of aromatic nitrogens is 2. The van der Waals surface area contributed by atoms with Gasteiger partial charge in [-0.2, -0.15) is 0 Å². The van der Waals surface area contributed by atoms with E-state index >= 15 is 0 Å². The highest BCUT2D eigenvalue weighted by atomic mass is 16.6. The number of amides is 1. The maximum atomic E-state index is 12.1. The lowest BCUT2D eigenvalue weighted by Crippen LogP contribution is -2.50. The highest BCUT2D eigenvalue weighted by Crippen LogP contribution is 2.20. The molecular formula is C19H24N4O2. The average molecular weight is 340 g/mol. The van der Waals surface area contributed by atoms with E-state index in [1.807, 2.05) is 57.2 Å². The summed E-state index contributed by atoms with van der Waals surface area (Å²) in [7, 11) is 0. The van der Waals surface area contributed by atoms with Crippen molar-refractivity contribution >= 4 is 12.0 Å². The topological polar surface area (TPSA) is 58.6 Å². The molecule has 0 aliphatic carbocycles. The Bertz CT molecular complexity index is 720. The number of carbonyl (C=O) groups excluding carboxylic acids is 1. The van der Waals surface area contributed by atoms with Gasteiger partial charge in [-0.25, -0.2) is 14.8 Å². The van der Waals surface area contributed by atoms with E-state index in [0.717, 1.165) is 11.3 Å². The number of ether oxygens (including phenoxy) is 1. The van der Waals surface area contributed by atoms with Crippen molar-refractivity contribution < 1.29 is 9.53 Å². The van der Waals surface area contributed by atoms with Crippen molar-refractivity contribution in [1.29, 1.82) is 0 Å². The molecule has 2 aromatic rings. The van der Waals surface area contributed by atoms with Gasteiger partial charge in [0, 0.05) is 37.9 Å². The Morgan fingerprint density at radius 1 is 1.04 bits per heavy atom. The van der Waals surface area contributed by atoms with Gasteiger partial charge in [-0.3, -0.25) is 0 Å². The van der Waals surface area contributed by atoms with Crippen LogP contribution in [0.25, 0.3) is 11.3 Å². The highest BCUT2D eigenvalue weighted by Gasteiger charge is 2.26. The van der Waals surface area contributed by atoms with Gasteiger partial charge < -0.3 is 14.5 Å². The van der Waals surface area contributed by atoms with Gasteiger partial charge in [0.25, 0.3) is 0 Å². The van der Waals surface area contributed by atoms with Gasteiger partial charge in [-0.05, 0) is 26.8 Å². The lowest BCUT2D eigenvalue weighted by atomic mass is 10.1. The Morgan fingerprint density at radius 2 is 1.72 bits per heavy atom. The van der Waals surface area contributed by atoms with Gasteiger partial charge in [-0.15, -0.1) is 0 Å². The van der Waals surface area contributed by atoms with Crippen LogP contribution >= 0.6 is 0 Å². The molecule has 1 aliphatic heterocycles. The van der Waals surface area contributed by atoms with Crippen molar-refractivity contribution in [2.75, 3.05) is 31.1 Å². The fraction of sp³-hybridized carbons (Fsp3) is 0.421. The second-order valence-corrected chi connectivity index (χ2v) is 7.06. The summed E-state index contributed by atoms with van der Waals surface area (Å²) in [6.45, 7) is 8.23. The lowest BCUT2D eigenvalue weighted by Gasteiger charge is -2.35. The van der Waals surface area contributed by atoms with Crippen LogP contribution < -0.4 is 4.90 Å². The van der Waals surface area contributed by atoms with Crippen molar-refractivity contribution in [3.63, 3.8) is 0 Å². The second kappa shape index (κ2) is 7.09. The lowest BCUT2D eigenvalue weighted by molar-refractivity contribution is 0.0240. The van der Waals surface area contributed by atoms with Crippen molar-refractivity contribution in [3.05, 3.63) is 42.6 Å². The van der Waals surface area contributed by atoms with Gasteiger partial charge in [0.2, 0.25) is 5.95 Å². The molecule has 0 unspecified atom stereocenters. The number of carbonyl (C=O) groups is 1. The van der Waals surface area contributed by atoms with E-state index < -0.39 is 5.60 Å². The zero-order valence-electron chi connectivity index (χ0n) is 15.0. The molecule has 0 radical (unpaired) electrons. The zero-order valence-corrected chi connectivity index (χ0v) is 15.0. The number of hydrogen-bond acceptors (Lipinski definition) is 5. The second-order valence-electron chi connectivity index (χ2n) is 7.06. The van der Waals surface area contributed by atoms with Crippen molar-refractivity contribution in [2.24, 2.45) is 0 Å². The van der Waals surface area contributed by atoms with E-state index in [1.165, 1.54) is 0 Å². The Labute approximate surface area is 148 Å². The Balaban J connectivity index is 1.65. The summed E-state index contributed by atoms with van der Waals surface area (Å²) >= 11 is 0. The van der Waals surface area contributed by atoms with Crippen molar-refractivity contribution in [3.8, 4) is 11.3 Å². The maximum absolute atomic E-state index is 12.1. The van der Waals surface area contributed by atoms with Gasteiger partial charge in [0.05, 0.1) is 5.69 Å². The first-order valence-electron chi connectivity index (χ1n) is 8.54. The number of benzene rings is 1. The third-order valence-electron chi connectivity index (χ3n) is 3.93. The molecule has 1 aromatic heterocycles. The Morgan fingerprint density at radius 3 is 2.36 bits per heavy atom. The molecule has 6 nitrogen and oxygen atoms in total. The molecule has 6 heteroatoms. The fourth-order valence-corrected chi connectivity index (χ4v) is 2.69. The monoisotopic (exact) mass is 340 g/mol. The van der Waals surface area contributed by atoms with Gasteiger partial charge >= 0.3 is 6.09 Å². The number of anilines is 1. The van der Waals surface area contributed by atoms with E-state index in [-0.39, 0.29) is 6.09 Å². The first kappa shape index (κ1) is 17.2. The van der Waals surface area contributed by atoms with Crippen LogP contribution in [0.5, 0.6) is 0 Å². The molecule has 1 saturated heterocycles. The van der Waals surface area contributed by atoms with Crippen LogP contribution in [0.2, 0.25) is 0 Å².